The van der Waals surface area contributed by atoms with Gasteiger partial charge in [0.2, 0.25) is 0 Å². The maximum absolute atomic E-state index is 10.9. The number of nitrogens with zero attached hydrogens (tertiary/aromatic N) is 1. The summed E-state index contributed by atoms with van der Waals surface area (Å²) in [6.07, 6.45) is 0. The summed E-state index contributed by atoms with van der Waals surface area (Å²) in [7, 11) is 0. The summed E-state index contributed by atoms with van der Waals surface area (Å²) >= 11 is 0. The maximum atomic E-state index is 10.9. The number of aliphatic carboxylic acids is 1. The van der Waals surface area contributed by atoms with Crippen LogP contribution in [0.25, 0.3) is 0 Å². The lowest BCUT2D eigenvalue weighted by atomic mass is 10.1. The molecule has 0 rings (SSSR count). The second kappa shape index (κ2) is 6.21. The zero-order chi connectivity index (χ0) is 12.9. The highest BCUT2D eigenvalue weighted by atomic mass is 16.4. The molecule has 0 heterocycles. The molecular weight excluding hydrogens is 204 g/mol. The fourth-order valence-electron chi connectivity index (χ4n) is 1.69. The van der Waals surface area contributed by atoms with Crippen molar-refractivity contribution in [3.05, 3.63) is 0 Å². The normalized spacial score (nSPS) is 12.8. The molecule has 0 atom stereocenters. The number of hydrogen-bond acceptors (Lipinski definition) is 3. The van der Waals surface area contributed by atoms with E-state index in [0.717, 1.165) is 6.54 Å². The van der Waals surface area contributed by atoms with Crippen molar-refractivity contribution >= 4 is 5.97 Å². The number of carboxylic acid groups (broad SMARTS) is 1. The van der Waals surface area contributed by atoms with E-state index in [1.165, 1.54) is 0 Å². The molecule has 0 aliphatic carbocycles. The van der Waals surface area contributed by atoms with Crippen molar-refractivity contribution in [3.63, 3.8) is 0 Å². The molecule has 16 heavy (non-hydrogen) atoms. The van der Waals surface area contributed by atoms with E-state index in [2.05, 4.69) is 37.9 Å². The Morgan fingerprint density at radius 2 is 1.69 bits per heavy atom. The highest BCUT2D eigenvalue weighted by Crippen LogP contribution is 2.05. The minimum atomic E-state index is -0.848. The lowest BCUT2D eigenvalue weighted by Gasteiger charge is -2.32. The van der Waals surface area contributed by atoms with Gasteiger partial charge in [-0.2, -0.15) is 0 Å². The predicted octanol–water partition coefficient (Wildman–Crippen LogP) is 1.56. The highest BCUT2D eigenvalue weighted by Gasteiger charge is 2.26. The Balaban J connectivity index is 4.10. The van der Waals surface area contributed by atoms with E-state index in [1.54, 1.807) is 13.8 Å². The van der Waals surface area contributed by atoms with E-state index in [9.17, 15) is 4.79 Å². The molecule has 4 nitrogen and oxygen atoms in total. The number of rotatable bonds is 7. The third kappa shape index (κ3) is 4.94. The van der Waals surface area contributed by atoms with Crippen LogP contribution in [0.4, 0.5) is 0 Å². The third-order valence-electron chi connectivity index (χ3n) is 2.80. The zero-order valence-electron chi connectivity index (χ0n) is 11.4. The highest BCUT2D eigenvalue weighted by molar-refractivity contribution is 5.77. The van der Waals surface area contributed by atoms with Crippen LogP contribution in [0.2, 0.25) is 0 Å². The minimum absolute atomic E-state index is 0.481. The van der Waals surface area contributed by atoms with Crippen molar-refractivity contribution < 1.29 is 9.90 Å². The molecule has 0 aliphatic heterocycles. The van der Waals surface area contributed by atoms with Crippen LogP contribution in [0.3, 0.4) is 0 Å². The molecule has 0 fully saturated rings. The smallest absolute Gasteiger partial charge is 0.323 e. The Bertz CT molecular complexity index is 217. The van der Waals surface area contributed by atoms with Gasteiger partial charge in [-0.05, 0) is 41.5 Å². The summed E-state index contributed by atoms with van der Waals surface area (Å²) in [6, 6.07) is 0.962. The van der Waals surface area contributed by atoms with Crippen LogP contribution in [0, 0.1) is 0 Å². The minimum Gasteiger partial charge on any atom is -0.480 e. The van der Waals surface area contributed by atoms with Crippen LogP contribution in [-0.2, 0) is 4.79 Å². The van der Waals surface area contributed by atoms with Gasteiger partial charge in [-0.25, -0.2) is 0 Å². The molecule has 0 aromatic rings. The summed E-state index contributed by atoms with van der Waals surface area (Å²) in [5.41, 5.74) is -0.848. The van der Waals surface area contributed by atoms with Crippen molar-refractivity contribution in [3.8, 4) is 0 Å². The zero-order valence-corrected chi connectivity index (χ0v) is 11.4. The first kappa shape index (κ1) is 15.4. The van der Waals surface area contributed by atoms with Gasteiger partial charge < -0.3 is 10.4 Å². The molecule has 0 aliphatic rings. The third-order valence-corrected chi connectivity index (χ3v) is 2.80. The predicted molar refractivity (Wildman–Crippen MR) is 66.7 cm³/mol. The summed E-state index contributed by atoms with van der Waals surface area (Å²) in [6.45, 7) is 13.5. The van der Waals surface area contributed by atoms with Gasteiger partial charge in [-0.1, -0.05) is 0 Å². The van der Waals surface area contributed by atoms with Crippen LogP contribution in [0.15, 0.2) is 0 Å². The van der Waals surface area contributed by atoms with Gasteiger partial charge >= 0.3 is 5.97 Å². The van der Waals surface area contributed by atoms with Gasteiger partial charge in [0.25, 0.3) is 0 Å². The molecule has 0 unspecified atom stereocenters. The van der Waals surface area contributed by atoms with Crippen molar-refractivity contribution in [2.75, 3.05) is 13.1 Å². The summed E-state index contributed by atoms with van der Waals surface area (Å²) in [5.74, 6) is -0.812. The Morgan fingerprint density at radius 1 is 1.25 bits per heavy atom. The van der Waals surface area contributed by atoms with E-state index < -0.39 is 11.5 Å². The first-order chi connectivity index (χ1) is 7.18. The lowest BCUT2D eigenvalue weighted by Crippen LogP contribution is -2.50. The van der Waals surface area contributed by atoms with Gasteiger partial charge in [0.15, 0.2) is 0 Å². The van der Waals surface area contributed by atoms with E-state index in [4.69, 9.17) is 5.11 Å². The average molecular weight is 230 g/mol. The SMILES string of the molecule is CC(C)N(CCNC(C)(C)C(=O)O)C(C)C. The standard InChI is InChI=1S/C12H26N2O2/c1-9(2)14(10(3)4)8-7-13-12(5,6)11(15)16/h9-10,13H,7-8H2,1-6H3,(H,15,16). The van der Waals surface area contributed by atoms with Gasteiger partial charge in [0.05, 0.1) is 0 Å². The van der Waals surface area contributed by atoms with Crippen LogP contribution in [-0.4, -0.2) is 46.7 Å². The first-order valence-electron chi connectivity index (χ1n) is 5.92. The molecule has 2 N–H and O–H groups in total. The van der Waals surface area contributed by atoms with Crippen LogP contribution >= 0.6 is 0 Å². The number of carboxylic acids is 1. The van der Waals surface area contributed by atoms with Gasteiger partial charge in [0, 0.05) is 25.2 Å². The second-order valence-electron chi connectivity index (χ2n) is 5.28. The Labute approximate surface area is 99.0 Å². The Kier molecular flexibility index (Phi) is 5.97. The molecule has 0 saturated heterocycles. The topological polar surface area (TPSA) is 52.6 Å². The second-order valence-corrected chi connectivity index (χ2v) is 5.28. The van der Waals surface area contributed by atoms with Crippen molar-refractivity contribution in [2.45, 2.75) is 59.2 Å². The average Bonchev–Trinajstić information content (AvgIpc) is 2.10. The van der Waals surface area contributed by atoms with Crippen molar-refractivity contribution in [1.29, 1.82) is 0 Å². The molecule has 0 bridgehead atoms. The van der Waals surface area contributed by atoms with Crippen LogP contribution < -0.4 is 5.32 Å². The lowest BCUT2D eigenvalue weighted by molar-refractivity contribution is -0.143. The number of nitrogens with one attached hydrogen (secondary N) is 1. The molecular formula is C12H26N2O2. The maximum Gasteiger partial charge on any atom is 0.323 e. The fraction of sp³-hybridized carbons (Fsp3) is 0.917. The number of carbonyl (C=O) groups is 1. The Hall–Kier alpha value is -0.610. The molecule has 0 amide bonds. The summed E-state index contributed by atoms with van der Waals surface area (Å²) in [5, 5.41) is 12.0. The van der Waals surface area contributed by atoms with Gasteiger partial charge in [-0.3, -0.25) is 9.69 Å². The van der Waals surface area contributed by atoms with E-state index in [-0.39, 0.29) is 0 Å². The number of hydrogen-bond donors (Lipinski definition) is 2. The first-order valence-corrected chi connectivity index (χ1v) is 5.92. The monoisotopic (exact) mass is 230 g/mol. The molecule has 0 spiro atoms. The summed E-state index contributed by atoms with van der Waals surface area (Å²) in [4.78, 5) is 13.2. The van der Waals surface area contributed by atoms with Crippen LogP contribution in [0.1, 0.15) is 41.5 Å². The van der Waals surface area contributed by atoms with Gasteiger partial charge in [-0.15, -0.1) is 0 Å². The molecule has 0 aromatic heterocycles. The van der Waals surface area contributed by atoms with Crippen molar-refractivity contribution in [2.24, 2.45) is 0 Å². The van der Waals surface area contributed by atoms with E-state index >= 15 is 0 Å². The molecule has 0 radical (unpaired) electrons. The Morgan fingerprint density at radius 3 is 2.00 bits per heavy atom. The molecule has 0 saturated carbocycles. The molecule has 0 aromatic carbocycles. The van der Waals surface area contributed by atoms with E-state index in [1.807, 2.05) is 0 Å². The molecule has 4 heteroatoms. The largest absolute Gasteiger partial charge is 0.480 e. The van der Waals surface area contributed by atoms with Crippen molar-refractivity contribution in [1.82, 2.24) is 10.2 Å². The van der Waals surface area contributed by atoms with Gasteiger partial charge in [0.1, 0.15) is 5.54 Å². The summed E-state index contributed by atoms with van der Waals surface area (Å²) < 4.78 is 0. The molecule has 96 valence electrons. The van der Waals surface area contributed by atoms with E-state index in [0.29, 0.717) is 18.6 Å². The fourth-order valence-corrected chi connectivity index (χ4v) is 1.69. The van der Waals surface area contributed by atoms with Crippen LogP contribution in [0.5, 0.6) is 0 Å². The quantitative estimate of drug-likeness (QED) is 0.697.